The van der Waals surface area contributed by atoms with Gasteiger partial charge in [-0.25, -0.2) is 0 Å². The van der Waals surface area contributed by atoms with Gasteiger partial charge in [0.05, 0.1) is 6.10 Å². The highest BCUT2D eigenvalue weighted by atomic mass is 16.3. The predicted octanol–water partition coefficient (Wildman–Crippen LogP) is 0.781. The molecule has 0 aromatic heterocycles. The number of nitrogens with two attached hydrogens (primary N) is 1. The molecule has 1 saturated carbocycles. The fraction of sp³-hybridized carbons (Fsp3) is 0.917. The lowest BCUT2D eigenvalue weighted by atomic mass is 9.86. The van der Waals surface area contributed by atoms with E-state index in [2.05, 4.69) is 5.32 Å². The molecule has 0 aromatic rings. The van der Waals surface area contributed by atoms with Gasteiger partial charge in [0, 0.05) is 18.5 Å². The van der Waals surface area contributed by atoms with Crippen LogP contribution in [0, 0.1) is 5.92 Å². The third-order valence-corrected chi connectivity index (χ3v) is 3.24. The molecular weight excluding hydrogens is 204 g/mol. The van der Waals surface area contributed by atoms with E-state index in [1.165, 1.54) is 0 Å². The standard InChI is InChI=1S/C12H24N2O2/c1-9(15)3-2-8-14-12(16)10-4-6-11(13)7-5-10/h9-11,15H,2-8,13H2,1H3,(H,14,16). The van der Waals surface area contributed by atoms with Gasteiger partial charge in [-0.3, -0.25) is 4.79 Å². The molecule has 1 amide bonds. The van der Waals surface area contributed by atoms with Gasteiger partial charge in [-0.1, -0.05) is 0 Å². The van der Waals surface area contributed by atoms with Crippen LogP contribution in [0.3, 0.4) is 0 Å². The Bertz CT molecular complexity index is 211. The van der Waals surface area contributed by atoms with Gasteiger partial charge >= 0.3 is 0 Å². The Labute approximate surface area is 97.6 Å². The summed E-state index contributed by atoms with van der Waals surface area (Å²) in [6.07, 6.45) is 5.08. The zero-order chi connectivity index (χ0) is 12.0. The molecule has 1 aliphatic rings. The van der Waals surface area contributed by atoms with E-state index in [-0.39, 0.29) is 17.9 Å². The highest BCUT2D eigenvalue weighted by molar-refractivity contribution is 5.78. The van der Waals surface area contributed by atoms with Crippen LogP contribution in [0.2, 0.25) is 0 Å². The summed E-state index contributed by atoms with van der Waals surface area (Å²) in [5.41, 5.74) is 5.79. The maximum atomic E-state index is 11.7. The van der Waals surface area contributed by atoms with Gasteiger partial charge in [0.2, 0.25) is 5.91 Å². The van der Waals surface area contributed by atoms with Crippen molar-refractivity contribution in [3.8, 4) is 0 Å². The van der Waals surface area contributed by atoms with Crippen LogP contribution in [0.4, 0.5) is 0 Å². The number of aliphatic hydroxyl groups excluding tert-OH is 1. The summed E-state index contributed by atoms with van der Waals surface area (Å²) in [5, 5.41) is 12.0. The van der Waals surface area contributed by atoms with Crippen molar-refractivity contribution in [1.29, 1.82) is 0 Å². The lowest BCUT2D eigenvalue weighted by molar-refractivity contribution is -0.126. The van der Waals surface area contributed by atoms with Crippen molar-refractivity contribution < 1.29 is 9.90 Å². The Balaban J connectivity index is 2.10. The smallest absolute Gasteiger partial charge is 0.223 e. The third-order valence-electron chi connectivity index (χ3n) is 3.24. The van der Waals surface area contributed by atoms with E-state index in [0.29, 0.717) is 12.6 Å². The minimum atomic E-state index is -0.274. The molecule has 0 aromatic carbocycles. The molecule has 1 fully saturated rings. The fourth-order valence-electron chi connectivity index (χ4n) is 2.13. The topological polar surface area (TPSA) is 75.3 Å². The summed E-state index contributed by atoms with van der Waals surface area (Å²) in [7, 11) is 0. The molecule has 94 valence electrons. The van der Waals surface area contributed by atoms with E-state index < -0.39 is 0 Å². The van der Waals surface area contributed by atoms with Gasteiger partial charge in [0.15, 0.2) is 0 Å². The first-order valence-corrected chi connectivity index (χ1v) is 6.31. The largest absolute Gasteiger partial charge is 0.393 e. The highest BCUT2D eigenvalue weighted by Gasteiger charge is 2.23. The number of amides is 1. The number of aliphatic hydroxyl groups is 1. The van der Waals surface area contributed by atoms with Gasteiger partial charge in [0.1, 0.15) is 0 Å². The average Bonchev–Trinajstić information content (AvgIpc) is 2.25. The molecule has 1 atom stereocenters. The van der Waals surface area contributed by atoms with Crippen LogP contribution in [-0.4, -0.2) is 29.7 Å². The Kier molecular flexibility index (Phi) is 5.77. The Morgan fingerprint density at radius 1 is 1.44 bits per heavy atom. The number of rotatable bonds is 5. The molecule has 0 aliphatic heterocycles. The third kappa shape index (κ3) is 4.94. The quantitative estimate of drug-likeness (QED) is 0.609. The Hall–Kier alpha value is -0.610. The van der Waals surface area contributed by atoms with Crippen molar-refractivity contribution >= 4 is 5.91 Å². The minimum absolute atomic E-state index is 0.159. The molecule has 1 aliphatic carbocycles. The molecule has 16 heavy (non-hydrogen) atoms. The normalized spacial score (nSPS) is 27.4. The predicted molar refractivity (Wildman–Crippen MR) is 63.9 cm³/mol. The van der Waals surface area contributed by atoms with Gasteiger partial charge in [-0.05, 0) is 45.4 Å². The molecule has 0 heterocycles. The number of hydrogen-bond acceptors (Lipinski definition) is 3. The fourth-order valence-corrected chi connectivity index (χ4v) is 2.13. The number of hydrogen-bond donors (Lipinski definition) is 3. The second-order valence-electron chi connectivity index (χ2n) is 4.89. The zero-order valence-electron chi connectivity index (χ0n) is 10.1. The van der Waals surface area contributed by atoms with Crippen LogP contribution in [0.25, 0.3) is 0 Å². The lowest BCUT2D eigenvalue weighted by Crippen LogP contribution is -2.36. The van der Waals surface area contributed by atoms with E-state index >= 15 is 0 Å². The first-order chi connectivity index (χ1) is 7.59. The van der Waals surface area contributed by atoms with Crippen LogP contribution >= 0.6 is 0 Å². The van der Waals surface area contributed by atoms with Crippen LogP contribution in [0.1, 0.15) is 45.4 Å². The second kappa shape index (κ2) is 6.86. The monoisotopic (exact) mass is 228 g/mol. The summed E-state index contributed by atoms with van der Waals surface area (Å²) in [6, 6.07) is 0.291. The zero-order valence-corrected chi connectivity index (χ0v) is 10.1. The molecule has 0 bridgehead atoms. The van der Waals surface area contributed by atoms with Crippen LogP contribution in [0.5, 0.6) is 0 Å². The van der Waals surface area contributed by atoms with Crippen molar-refractivity contribution in [1.82, 2.24) is 5.32 Å². The Morgan fingerprint density at radius 2 is 2.06 bits per heavy atom. The summed E-state index contributed by atoms with van der Waals surface area (Å²) < 4.78 is 0. The number of nitrogens with one attached hydrogen (secondary N) is 1. The summed E-state index contributed by atoms with van der Waals surface area (Å²) in [5.74, 6) is 0.323. The average molecular weight is 228 g/mol. The maximum absolute atomic E-state index is 11.7. The second-order valence-corrected chi connectivity index (χ2v) is 4.89. The van der Waals surface area contributed by atoms with Crippen molar-refractivity contribution in [2.75, 3.05) is 6.54 Å². The van der Waals surface area contributed by atoms with Crippen molar-refractivity contribution in [2.45, 2.75) is 57.6 Å². The van der Waals surface area contributed by atoms with Crippen LogP contribution < -0.4 is 11.1 Å². The molecule has 4 heteroatoms. The van der Waals surface area contributed by atoms with Crippen molar-refractivity contribution in [2.24, 2.45) is 11.7 Å². The van der Waals surface area contributed by atoms with E-state index in [9.17, 15) is 4.79 Å². The van der Waals surface area contributed by atoms with Crippen LogP contribution in [0.15, 0.2) is 0 Å². The molecule has 0 spiro atoms. The van der Waals surface area contributed by atoms with E-state index in [4.69, 9.17) is 10.8 Å². The molecule has 4 nitrogen and oxygen atoms in total. The van der Waals surface area contributed by atoms with Gasteiger partial charge in [-0.15, -0.1) is 0 Å². The SMILES string of the molecule is CC(O)CCCNC(=O)C1CCC(N)CC1. The minimum Gasteiger partial charge on any atom is -0.393 e. The summed E-state index contributed by atoms with van der Waals surface area (Å²) in [4.78, 5) is 11.7. The molecule has 0 radical (unpaired) electrons. The molecular formula is C12H24N2O2. The lowest BCUT2D eigenvalue weighted by Gasteiger charge is -2.25. The maximum Gasteiger partial charge on any atom is 0.223 e. The first kappa shape index (κ1) is 13.5. The van der Waals surface area contributed by atoms with Crippen LogP contribution in [-0.2, 0) is 4.79 Å². The molecule has 1 unspecified atom stereocenters. The molecule has 4 N–H and O–H groups in total. The van der Waals surface area contributed by atoms with E-state index in [1.54, 1.807) is 6.92 Å². The molecule has 1 rings (SSSR count). The highest BCUT2D eigenvalue weighted by Crippen LogP contribution is 2.23. The van der Waals surface area contributed by atoms with Crippen molar-refractivity contribution in [3.63, 3.8) is 0 Å². The Morgan fingerprint density at radius 3 is 2.62 bits per heavy atom. The van der Waals surface area contributed by atoms with Gasteiger partial charge in [0.25, 0.3) is 0 Å². The van der Waals surface area contributed by atoms with E-state index in [0.717, 1.165) is 38.5 Å². The summed E-state index contributed by atoms with van der Waals surface area (Å²) >= 11 is 0. The van der Waals surface area contributed by atoms with Gasteiger partial charge in [-0.2, -0.15) is 0 Å². The number of carbonyl (C=O) groups excluding carboxylic acids is 1. The first-order valence-electron chi connectivity index (χ1n) is 6.31. The van der Waals surface area contributed by atoms with Crippen molar-refractivity contribution in [3.05, 3.63) is 0 Å². The van der Waals surface area contributed by atoms with Gasteiger partial charge < -0.3 is 16.2 Å². The van der Waals surface area contributed by atoms with E-state index in [1.807, 2.05) is 0 Å². The number of carbonyl (C=O) groups is 1. The summed E-state index contributed by atoms with van der Waals surface area (Å²) in [6.45, 7) is 2.44. The molecule has 0 saturated heterocycles.